The smallest absolute Gasteiger partial charge is 0.192 e. The minimum Gasteiger partial charge on any atom is -0.379 e. The molecule has 0 aliphatic carbocycles. The van der Waals surface area contributed by atoms with Gasteiger partial charge in [0.2, 0.25) is 0 Å². The van der Waals surface area contributed by atoms with Crippen LogP contribution in [0.1, 0.15) is 32.1 Å². The molecule has 2 rings (SSSR count). The average Bonchev–Trinajstić information content (AvgIpc) is 2.93. The highest BCUT2D eigenvalue weighted by atomic mass is 32.1. The molecule has 2 heterocycles. The zero-order valence-electron chi connectivity index (χ0n) is 12.1. The molecule has 1 aromatic rings. The van der Waals surface area contributed by atoms with Gasteiger partial charge in [-0.05, 0) is 32.2 Å². The number of thiophene rings is 1. The first-order valence-corrected chi connectivity index (χ1v) is 7.39. The van der Waals surface area contributed by atoms with E-state index in [0.717, 1.165) is 19.5 Å². The van der Waals surface area contributed by atoms with Crippen LogP contribution in [0, 0.1) is 0 Å². The van der Waals surface area contributed by atoms with Crippen LogP contribution in [-0.4, -0.2) is 35.7 Å². The zero-order chi connectivity index (χ0) is 14.1. The van der Waals surface area contributed by atoms with Gasteiger partial charge in [0.25, 0.3) is 0 Å². The molecular formula is C14H23N3OS. The molecule has 5 heteroatoms. The van der Waals surface area contributed by atoms with E-state index < -0.39 is 0 Å². The molecule has 1 aromatic heterocycles. The normalized spacial score (nSPS) is 23.8. The van der Waals surface area contributed by atoms with E-state index in [0.29, 0.717) is 5.96 Å². The summed E-state index contributed by atoms with van der Waals surface area (Å²) in [5, 5.41) is 2.09. The van der Waals surface area contributed by atoms with Crippen molar-refractivity contribution < 1.29 is 4.74 Å². The van der Waals surface area contributed by atoms with Crippen molar-refractivity contribution in [2.45, 2.75) is 44.9 Å². The summed E-state index contributed by atoms with van der Waals surface area (Å²) in [5.41, 5.74) is 5.82. The molecule has 0 amide bonds. The molecule has 2 N–H and O–H groups in total. The first-order valence-electron chi connectivity index (χ1n) is 6.51. The molecule has 4 nitrogen and oxygen atoms in total. The highest BCUT2D eigenvalue weighted by molar-refractivity contribution is 7.09. The van der Waals surface area contributed by atoms with Crippen LogP contribution in [-0.2, 0) is 11.3 Å². The minimum absolute atomic E-state index is 0.0758. The zero-order valence-corrected chi connectivity index (χ0v) is 13.0. The van der Waals surface area contributed by atoms with E-state index in [2.05, 4.69) is 48.2 Å². The Kier molecular flexibility index (Phi) is 3.87. The summed E-state index contributed by atoms with van der Waals surface area (Å²) in [5.74, 6) is 0.641. The van der Waals surface area contributed by atoms with Crippen LogP contribution in [0.4, 0.5) is 0 Å². The molecule has 19 heavy (non-hydrogen) atoms. The van der Waals surface area contributed by atoms with Gasteiger partial charge in [-0.3, -0.25) is 4.99 Å². The molecule has 0 saturated heterocycles. The molecular weight excluding hydrogens is 258 g/mol. The molecule has 0 bridgehead atoms. The fraction of sp³-hybridized carbons (Fsp3) is 0.643. The fourth-order valence-corrected chi connectivity index (χ4v) is 3.36. The van der Waals surface area contributed by atoms with Crippen molar-refractivity contribution in [2.75, 3.05) is 13.7 Å². The van der Waals surface area contributed by atoms with E-state index in [4.69, 9.17) is 10.5 Å². The number of nitrogens with zero attached hydrogens (tertiary/aromatic N) is 2. The SMILES string of the molecule is COC(C)(C)CC1(C)CN=C(N)N1Cc1cccs1. The van der Waals surface area contributed by atoms with Crippen LogP contribution >= 0.6 is 11.3 Å². The summed E-state index contributed by atoms with van der Waals surface area (Å²) in [7, 11) is 1.76. The maximum absolute atomic E-state index is 6.07. The highest BCUT2D eigenvalue weighted by Crippen LogP contribution is 2.33. The number of hydrogen-bond acceptors (Lipinski definition) is 5. The first kappa shape index (κ1) is 14.3. The summed E-state index contributed by atoms with van der Waals surface area (Å²) in [6.45, 7) is 7.98. The van der Waals surface area contributed by atoms with E-state index >= 15 is 0 Å². The number of aliphatic imine (C=N–C) groups is 1. The molecule has 0 radical (unpaired) electrons. The van der Waals surface area contributed by atoms with Gasteiger partial charge in [0.15, 0.2) is 5.96 Å². The monoisotopic (exact) mass is 281 g/mol. The summed E-state index contributed by atoms with van der Waals surface area (Å²) < 4.78 is 5.57. The van der Waals surface area contributed by atoms with Crippen LogP contribution in [0.5, 0.6) is 0 Å². The quantitative estimate of drug-likeness (QED) is 0.902. The lowest BCUT2D eigenvalue weighted by atomic mass is 9.87. The lowest BCUT2D eigenvalue weighted by Gasteiger charge is -2.40. The van der Waals surface area contributed by atoms with E-state index in [1.165, 1.54) is 4.88 Å². The minimum atomic E-state index is -0.178. The fourth-order valence-electron chi connectivity index (χ4n) is 2.67. The van der Waals surface area contributed by atoms with Crippen LogP contribution in [0.3, 0.4) is 0 Å². The number of rotatable bonds is 5. The Hall–Kier alpha value is -1.07. The predicted molar refractivity (Wildman–Crippen MR) is 80.5 cm³/mol. The van der Waals surface area contributed by atoms with Gasteiger partial charge in [0, 0.05) is 18.4 Å². The molecule has 0 fully saturated rings. The number of nitrogens with two attached hydrogens (primary N) is 1. The second-order valence-corrected chi connectivity index (χ2v) is 7.01. The Morgan fingerprint density at radius 3 is 2.89 bits per heavy atom. The summed E-state index contributed by atoms with van der Waals surface area (Å²) in [6.07, 6.45) is 0.895. The lowest BCUT2D eigenvalue weighted by Crippen LogP contribution is -2.52. The van der Waals surface area contributed by atoms with Crippen molar-refractivity contribution >= 4 is 17.3 Å². The molecule has 0 spiro atoms. The van der Waals surface area contributed by atoms with Gasteiger partial charge < -0.3 is 15.4 Å². The summed E-state index contributed by atoms with van der Waals surface area (Å²) in [4.78, 5) is 7.95. The average molecular weight is 281 g/mol. The van der Waals surface area contributed by atoms with Crippen LogP contribution in [0.2, 0.25) is 0 Å². The molecule has 1 atom stereocenters. The van der Waals surface area contributed by atoms with E-state index in [-0.39, 0.29) is 11.1 Å². The molecule has 1 unspecified atom stereocenters. The van der Waals surface area contributed by atoms with Gasteiger partial charge >= 0.3 is 0 Å². The Morgan fingerprint density at radius 1 is 1.58 bits per heavy atom. The van der Waals surface area contributed by atoms with Gasteiger partial charge in [0.1, 0.15) is 0 Å². The summed E-state index contributed by atoms with van der Waals surface area (Å²) >= 11 is 1.75. The van der Waals surface area contributed by atoms with E-state index in [1.54, 1.807) is 18.4 Å². The highest BCUT2D eigenvalue weighted by Gasteiger charge is 2.42. The third-order valence-electron chi connectivity index (χ3n) is 3.76. The Labute approximate surface area is 119 Å². The molecule has 0 aromatic carbocycles. The largest absolute Gasteiger partial charge is 0.379 e. The van der Waals surface area contributed by atoms with Gasteiger partial charge in [-0.2, -0.15) is 0 Å². The van der Waals surface area contributed by atoms with Crippen LogP contribution in [0.15, 0.2) is 22.5 Å². The van der Waals surface area contributed by atoms with E-state index in [9.17, 15) is 0 Å². The van der Waals surface area contributed by atoms with Crippen molar-refractivity contribution in [3.05, 3.63) is 22.4 Å². The molecule has 1 aliphatic rings. The number of guanidine groups is 1. The molecule has 0 saturated carbocycles. The van der Waals surface area contributed by atoms with Crippen molar-refractivity contribution in [3.63, 3.8) is 0 Å². The first-order chi connectivity index (χ1) is 8.86. The maximum atomic E-state index is 6.07. The van der Waals surface area contributed by atoms with Crippen molar-refractivity contribution in [1.82, 2.24) is 4.90 Å². The van der Waals surface area contributed by atoms with Crippen LogP contribution in [0.25, 0.3) is 0 Å². The third-order valence-corrected chi connectivity index (χ3v) is 4.62. The van der Waals surface area contributed by atoms with Gasteiger partial charge in [0.05, 0.1) is 24.2 Å². The predicted octanol–water partition coefficient (Wildman–Crippen LogP) is 2.45. The molecule has 106 valence electrons. The molecule has 1 aliphatic heterocycles. The topological polar surface area (TPSA) is 50.9 Å². The maximum Gasteiger partial charge on any atom is 0.192 e. The number of ether oxygens (including phenoxy) is 1. The van der Waals surface area contributed by atoms with Gasteiger partial charge in [-0.15, -0.1) is 11.3 Å². The third kappa shape index (κ3) is 3.09. The Morgan fingerprint density at radius 2 is 2.32 bits per heavy atom. The second kappa shape index (κ2) is 5.13. The van der Waals surface area contributed by atoms with E-state index in [1.807, 2.05) is 0 Å². The summed E-state index contributed by atoms with van der Waals surface area (Å²) in [6, 6.07) is 4.21. The van der Waals surface area contributed by atoms with Crippen molar-refractivity contribution in [3.8, 4) is 0 Å². The lowest BCUT2D eigenvalue weighted by molar-refractivity contribution is -0.0180. The Bertz CT molecular complexity index is 455. The second-order valence-electron chi connectivity index (χ2n) is 5.98. The van der Waals surface area contributed by atoms with Crippen LogP contribution < -0.4 is 5.73 Å². The Balaban J connectivity index is 2.15. The number of methoxy groups -OCH3 is 1. The van der Waals surface area contributed by atoms with Gasteiger partial charge in [-0.25, -0.2) is 0 Å². The van der Waals surface area contributed by atoms with Gasteiger partial charge in [-0.1, -0.05) is 6.07 Å². The van der Waals surface area contributed by atoms with Crippen molar-refractivity contribution in [1.29, 1.82) is 0 Å². The van der Waals surface area contributed by atoms with Crippen molar-refractivity contribution in [2.24, 2.45) is 10.7 Å². The standard InChI is InChI=1S/C14H23N3OS/c1-13(2,18-4)9-14(3)10-16-12(15)17(14)8-11-6-5-7-19-11/h5-7H,8-10H2,1-4H3,(H2,15,16). The number of hydrogen-bond donors (Lipinski definition) is 1.